The van der Waals surface area contributed by atoms with Crippen LogP contribution in [0.2, 0.25) is 0 Å². The minimum absolute atomic E-state index is 0.491. The SMILES string of the molecule is CC1=CN2C(=CC=CC2C)N1C. The summed E-state index contributed by atoms with van der Waals surface area (Å²) in [5.74, 6) is 1.28. The summed E-state index contributed by atoms with van der Waals surface area (Å²) in [6.07, 6.45) is 8.67. The molecule has 0 amide bonds. The Bertz CT molecular complexity index is 286. The Morgan fingerprint density at radius 2 is 2.17 bits per heavy atom. The van der Waals surface area contributed by atoms with Crippen LogP contribution in [-0.4, -0.2) is 22.9 Å². The molecular formula is C10H14N2. The zero-order valence-corrected chi connectivity index (χ0v) is 7.78. The van der Waals surface area contributed by atoms with Crippen LogP contribution in [0.25, 0.3) is 0 Å². The van der Waals surface area contributed by atoms with Crippen molar-refractivity contribution >= 4 is 0 Å². The van der Waals surface area contributed by atoms with E-state index in [9.17, 15) is 0 Å². The van der Waals surface area contributed by atoms with Crippen LogP contribution in [0.15, 0.2) is 35.9 Å². The molecule has 12 heavy (non-hydrogen) atoms. The van der Waals surface area contributed by atoms with Gasteiger partial charge in [0.15, 0.2) is 0 Å². The van der Waals surface area contributed by atoms with Crippen molar-refractivity contribution in [2.45, 2.75) is 19.9 Å². The number of allylic oxidation sites excluding steroid dienone is 3. The van der Waals surface area contributed by atoms with Crippen LogP contribution >= 0.6 is 0 Å². The molecular weight excluding hydrogens is 148 g/mol. The molecule has 2 aliphatic heterocycles. The summed E-state index contributed by atoms with van der Waals surface area (Å²) in [6.45, 7) is 4.33. The van der Waals surface area contributed by atoms with Crippen molar-refractivity contribution < 1.29 is 0 Å². The normalized spacial score (nSPS) is 27.1. The van der Waals surface area contributed by atoms with Crippen molar-refractivity contribution in [3.8, 4) is 0 Å². The number of nitrogens with zero attached hydrogens (tertiary/aromatic N) is 2. The first-order valence-corrected chi connectivity index (χ1v) is 4.29. The van der Waals surface area contributed by atoms with Gasteiger partial charge in [-0.15, -0.1) is 0 Å². The lowest BCUT2D eigenvalue weighted by Gasteiger charge is -2.28. The van der Waals surface area contributed by atoms with Crippen LogP contribution in [0.1, 0.15) is 13.8 Å². The van der Waals surface area contributed by atoms with E-state index in [1.807, 2.05) is 0 Å². The summed E-state index contributed by atoms with van der Waals surface area (Å²) >= 11 is 0. The summed E-state index contributed by atoms with van der Waals surface area (Å²) in [5.41, 5.74) is 1.30. The van der Waals surface area contributed by atoms with Crippen LogP contribution in [0, 0.1) is 0 Å². The van der Waals surface area contributed by atoms with Crippen molar-refractivity contribution in [3.05, 3.63) is 35.9 Å². The Balaban J connectivity index is 2.37. The van der Waals surface area contributed by atoms with Gasteiger partial charge in [0.1, 0.15) is 5.82 Å². The lowest BCUT2D eigenvalue weighted by Crippen LogP contribution is -2.29. The summed E-state index contributed by atoms with van der Waals surface area (Å²) < 4.78 is 0. The molecule has 2 nitrogen and oxygen atoms in total. The highest BCUT2D eigenvalue weighted by molar-refractivity contribution is 5.29. The zero-order chi connectivity index (χ0) is 8.72. The second-order valence-electron chi connectivity index (χ2n) is 3.39. The maximum absolute atomic E-state index is 2.29. The Hall–Kier alpha value is -1.18. The lowest BCUT2D eigenvalue weighted by atomic mass is 10.2. The van der Waals surface area contributed by atoms with E-state index >= 15 is 0 Å². The minimum Gasteiger partial charge on any atom is -0.333 e. The fourth-order valence-corrected chi connectivity index (χ4v) is 1.63. The van der Waals surface area contributed by atoms with E-state index in [0.717, 1.165) is 0 Å². The predicted molar refractivity (Wildman–Crippen MR) is 50.0 cm³/mol. The minimum atomic E-state index is 0.491. The molecule has 0 saturated carbocycles. The molecule has 0 aliphatic carbocycles. The molecule has 0 aromatic rings. The fourth-order valence-electron chi connectivity index (χ4n) is 1.63. The van der Waals surface area contributed by atoms with E-state index in [1.54, 1.807) is 0 Å². The summed E-state index contributed by atoms with van der Waals surface area (Å²) in [7, 11) is 2.10. The van der Waals surface area contributed by atoms with Gasteiger partial charge in [0.2, 0.25) is 0 Å². The van der Waals surface area contributed by atoms with Gasteiger partial charge in [-0.2, -0.15) is 0 Å². The molecule has 64 valence electrons. The van der Waals surface area contributed by atoms with E-state index in [4.69, 9.17) is 0 Å². The molecule has 2 heterocycles. The largest absolute Gasteiger partial charge is 0.333 e. The molecule has 0 fully saturated rings. The first kappa shape index (κ1) is 7.47. The predicted octanol–water partition coefficient (Wildman–Crippen LogP) is 1.89. The molecule has 0 aromatic heterocycles. The molecule has 0 saturated heterocycles. The van der Waals surface area contributed by atoms with Crippen LogP contribution < -0.4 is 0 Å². The van der Waals surface area contributed by atoms with Crippen molar-refractivity contribution in [2.24, 2.45) is 0 Å². The van der Waals surface area contributed by atoms with Crippen molar-refractivity contribution in [3.63, 3.8) is 0 Å². The van der Waals surface area contributed by atoms with E-state index in [-0.39, 0.29) is 0 Å². The van der Waals surface area contributed by atoms with Gasteiger partial charge in [0.05, 0.1) is 6.04 Å². The van der Waals surface area contributed by atoms with Gasteiger partial charge in [-0.25, -0.2) is 0 Å². The average Bonchev–Trinajstić information content (AvgIpc) is 2.32. The van der Waals surface area contributed by atoms with Gasteiger partial charge >= 0.3 is 0 Å². The maximum atomic E-state index is 2.29. The standard InChI is InChI=1S/C10H14N2/c1-8-5-4-6-10-11(3)9(2)7-12(8)10/h4-8H,1-3H3. The third kappa shape index (κ3) is 0.876. The molecule has 0 N–H and O–H groups in total. The molecule has 0 radical (unpaired) electrons. The molecule has 2 aliphatic rings. The molecule has 1 unspecified atom stereocenters. The zero-order valence-electron chi connectivity index (χ0n) is 7.78. The van der Waals surface area contributed by atoms with Crippen molar-refractivity contribution in [1.29, 1.82) is 0 Å². The Labute approximate surface area is 73.5 Å². The van der Waals surface area contributed by atoms with Crippen molar-refractivity contribution in [1.82, 2.24) is 9.80 Å². The van der Waals surface area contributed by atoms with Crippen LogP contribution in [-0.2, 0) is 0 Å². The molecule has 2 heteroatoms. The number of fused-ring (bicyclic) bond motifs is 1. The number of hydrogen-bond donors (Lipinski definition) is 0. The van der Waals surface area contributed by atoms with Crippen molar-refractivity contribution in [2.75, 3.05) is 7.05 Å². The quantitative estimate of drug-likeness (QED) is 0.536. The average molecular weight is 162 g/mol. The number of hydrogen-bond acceptors (Lipinski definition) is 2. The van der Waals surface area contributed by atoms with E-state index < -0.39 is 0 Å². The van der Waals surface area contributed by atoms with Gasteiger partial charge in [-0.1, -0.05) is 12.2 Å². The molecule has 0 spiro atoms. The summed E-state index contributed by atoms with van der Waals surface area (Å²) in [6, 6.07) is 0.491. The maximum Gasteiger partial charge on any atom is 0.113 e. The summed E-state index contributed by atoms with van der Waals surface area (Å²) in [5, 5.41) is 0. The van der Waals surface area contributed by atoms with Gasteiger partial charge in [0, 0.05) is 18.9 Å². The van der Waals surface area contributed by atoms with Crippen LogP contribution in [0.5, 0.6) is 0 Å². The second kappa shape index (κ2) is 2.41. The molecule has 2 rings (SSSR count). The first-order valence-electron chi connectivity index (χ1n) is 4.29. The monoisotopic (exact) mass is 162 g/mol. The molecule has 0 aromatic carbocycles. The number of rotatable bonds is 0. The molecule has 0 bridgehead atoms. The summed E-state index contributed by atoms with van der Waals surface area (Å²) in [4.78, 5) is 4.50. The van der Waals surface area contributed by atoms with Gasteiger partial charge < -0.3 is 9.80 Å². The molecule has 1 atom stereocenters. The highest BCUT2D eigenvalue weighted by atomic mass is 15.4. The fraction of sp³-hybridized carbons (Fsp3) is 0.400. The highest BCUT2D eigenvalue weighted by Crippen LogP contribution is 2.28. The van der Waals surface area contributed by atoms with Gasteiger partial charge in [0.25, 0.3) is 0 Å². The second-order valence-corrected chi connectivity index (χ2v) is 3.39. The first-order chi connectivity index (χ1) is 5.70. The Morgan fingerprint density at radius 1 is 1.42 bits per heavy atom. The van der Waals surface area contributed by atoms with Crippen LogP contribution in [0.4, 0.5) is 0 Å². The third-order valence-electron chi connectivity index (χ3n) is 2.54. The van der Waals surface area contributed by atoms with E-state index in [1.165, 1.54) is 11.5 Å². The van der Waals surface area contributed by atoms with Crippen LogP contribution in [0.3, 0.4) is 0 Å². The Morgan fingerprint density at radius 3 is 2.83 bits per heavy atom. The van der Waals surface area contributed by atoms with E-state index in [2.05, 4.69) is 55.1 Å². The Kier molecular flexibility index (Phi) is 1.50. The van der Waals surface area contributed by atoms with Gasteiger partial charge in [-0.05, 0) is 19.9 Å². The lowest BCUT2D eigenvalue weighted by molar-refractivity contribution is 0.349. The third-order valence-corrected chi connectivity index (χ3v) is 2.54. The highest BCUT2D eigenvalue weighted by Gasteiger charge is 2.24. The van der Waals surface area contributed by atoms with E-state index in [0.29, 0.717) is 6.04 Å². The van der Waals surface area contributed by atoms with Gasteiger partial charge in [-0.3, -0.25) is 0 Å². The topological polar surface area (TPSA) is 6.48 Å². The smallest absolute Gasteiger partial charge is 0.113 e.